The number of aromatic nitrogens is 2. The van der Waals surface area contributed by atoms with Gasteiger partial charge in [0, 0.05) is 13.1 Å². The second-order valence-corrected chi connectivity index (χ2v) is 7.70. The number of hydrogen-bond acceptors (Lipinski definition) is 6. The maximum Gasteiger partial charge on any atom is 0.345 e. The van der Waals surface area contributed by atoms with Crippen LogP contribution < -0.4 is 5.73 Å². The highest BCUT2D eigenvalue weighted by Crippen LogP contribution is 2.47. The van der Waals surface area contributed by atoms with Crippen LogP contribution in [0.15, 0.2) is 34.7 Å². The lowest BCUT2D eigenvalue weighted by Gasteiger charge is -2.27. The fourth-order valence-electron chi connectivity index (χ4n) is 4.01. The molecule has 2 aromatic rings. The van der Waals surface area contributed by atoms with Crippen molar-refractivity contribution in [3.05, 3.63) is 47.7 Å². The lowest BCUT2D eigenvalue weighted by Crippen LogP contribution is -2.34. The molecule has 2 N–H and O–H groups in total. The summed E-state index contributed by atoms with van der Waals surface area (Å²) in [5.74, 6) is 1.13. The first kappa shape index (κ1) is 16.7. The van der Waals surface area contributed by atoms with E-state index in [1.807, 2.05) is 30.3 Å². The zero-order valence-corrected chi connectivity index (χ0v) is 15.1. The molecule has 1 saturated carbocycles. The Morgan fingerprint density at radius 2 is 2.04 bits per heavy atom. The van der Waals surface area contributed by atoms with Gasteiger partial charge in [0.1, 0.15) is 12.6 Å². The predicted molar refractivity (Wildman–Crippen MR) is 95.2 cm³/mol. The number of amides is 2. The van der Waals surface area contributed by atoms with Crippen LogP contribution in [0.4, 0.5) is 4.79 Å². The van der Waals surface area contributed by atoms with Gasteiger partial charge in [-0.1, -0.05) is 30.3 Å². The van der Waals surface area contributed by atoms with Crippen LogP contribution in [0.25, 0.3) is 0 Å². The summed E-state index contributed by atoms with van der Waals surface area (Å²) in [5, 5.41) is 9.98. The molecular weight excluding hydrogens is 346 g/mol. The number of nitrogens with two attached hydrogens (primary N) is 1. The molecule has 1 unspecified atom stereocenters. The highest BCUT2D eigenvalue weighted by molar-refractivity contribution is 5.77. The maximum atomic E-state index is 12.9. The van der Waals surface area contributed by atoms with E-state index in [2.05, 4.69) is 10.2 Å². The molecule has 3 heterocycles. The van der Waals surface area contributed by atoms with Crippen molar-refractivity contribution in [1.29, 1.82) is 0 Å². The number of hydrogen-bond donors (Lipinski definition) is 1. The largest absolute Gasteiger partial charge is 0.422 e. The van der Waals surface area contributed by atoms with Crippen molar-refractivity contribution < 1.29 is 14.0 Å². The summed E-state index contributed by atoms with van der Waals surface area (Å²) >= 11 is 0. The molecule has 8 heteroatoms. The highest BCUT2D eigenvalue weighted by atomic mass is 16.7. The number of rotatable bonds is 6. The molecule has 1 aliphatic carbocycles. The number of carbonyl (C=O) groups is 1. The molecule has 2 aliphatic heterocycles. The number of hydroxylamine groups is 2. The van der Waals surface area contributed by atoms with E-state index in [9.17, 15) is 4.79 Å². The SMILES string of the molecule is NCC1(c2nnc(C3CC[C@@H]4CN3C(=O)N4OCc3ccccc3)o2)CC1. The van der Waals surface area contributed by atoms with Crippen molar-refractivity contribution in [2.45, 2.75) is 49.8 Å². The van der Waals surface area contributed by atoms with Gasteiger partial charge in [0.05, 0.1) is 11.5 Å². The van der Waals surface area contributed by atoms with E-state index < -0.39 is 0 Å². The number of nitrogens with zero attached hydrogens (tertiary/aromatic N) is 4. The zero-order valence-electron chi connectivity index (χ0n) is 15.1. The van der Waals surface area contributed by atoms with Gasteiger partial charge in [0.25, 0.3) is 0 Å². The number of benzene rings is 1. The minimum Gasteiger partial charge on any atom is -0.422 e. The second-order valence-electron chi connectivity index (χ2n) is 7.70. The predicted octanol–water partition coefficient (Wildman–Crippen LogP) is 2.13. The Bertz CT molecular complexity index is 835. The van der Waals surface area contributed by atoms with Crippen molar-refractivity contribution in [3.63, 3.8) is 0 Å². The maximum absolute atomic E-state index is 12.9. The molecule has 1 aromatic carbocycles. The van der Waals surface area contributed by atoms with Gasteiger partial charge in [0.15, 0.2) is 0 Å². The first-order valence-electron chi connectivity index (χ1n) is 9.51. The van der Waals surface area contributed by atoms with Gasteiger partial charge in [-0.2, -0.15) is 5.06 Å². The molecule has 2 atom stereocenters. The molecule has 2 amide bonds. The van der Waals surface area contributed by atoms with E-state index >= 15 is 0 Å². The fourth-order valence-corrected chi connectivity index (χ4v) is 4.01. The van der Waals surface area contributed by atoms with E-state index in [1.54, 1.807) is 4.90 Å². The van der Waals surface area contributed by atoms with Gasteiger partial charge in [-0.3, -0.25) is 4.84 Å². The molecule has 1 aromatic heterocycles. The second kappa shape index (κ2) is 6.31. The summed E-state index contributed by atoms with van der Waals surface area (Å²) in [7, 11) is 0. The normalized spacial score (nSPS) is 25.9. The zero-order chi connectivity index (χ0) is 18.4. The molecule has 2 saturated heterocycles. The van der Waals surface area contributed by atoms with E-state index in [-0.39, 0.29) is 23.5 Å². The average molecular weight is 369 g/mol. The number of fused-ring (bicyclic) bond motifs is 2. The van der Waals surface area contributed by atoms with Crippen LogP contribution in [0.3, 0.4) is 0 Å². The minimum atomic E-state index is -0.186. The quantitative estimate of drug-likeness (QED) is 0.838. The molecule has 0 radical (unpaired) electrons. The molecule has 0 spiro atoms. The Kier molecular flexibility index (Phi) is 3.91. The van der Waals surface area contributed by atoms with Crippen LogP contribution in [-0.2, 0) is 16.9 Å². The molecule has 3 fully saturated rings. The van der Waals surface area contributed by atoms with E-state index in [4.69, 9.17) is 15.0 Å². The molecular formula is C19H23N5O3. The summed E-state index contributed by atoms with van der Waals surface area (Å²) in [6.45, 7) is 1.52. The third-order valence-corrected chi connectivity index (χ3v) is 5.96. The number of carbonyl (C=O) groups excluding carboxylic acids is 1. The van der Waals surface area contributed by atoms with Gasteiger partial charge in [-0.15, -0.1) is 10.2 Å². The first-order valence-corrected chi connectivity index (χ1v) is 9.51. The Morgan fingerprint density at radius 3 is 2.78 bits per heavy atom. The van der Waals surface area contributed by atoms with Crippen molar-refractivity contribution in [1.82, 2.24) is 20.2 Å². The van der Waals surface area contributed by atoms with Crippen molar-refractivity contribution in [2.75, 3.05) is 13.1 Å². The van der Waals surface area contributed by atoms with Gasteiger partial charge in [0.2, 0.25) is 11.8 Å². The van der Waals surface area contributed by atoms with E-state index in [1.165, 1.54) is 5.06 Å². The van der Waals surface area contributed by atoms with Crippen LogP contribution in [0.2, 0.25) is 0 Å². The summed E-state index contributed by atoms with van der Waals surface area (Å²) in [6.07, 6.45) is 3.61. The molecule has 3 aliphatic rings. The van der Waals surface area contributed by atoms with Gasteiger partial charge < -0.3 is 15.1 Å². The fraction of sp³-hybridized carbons (Fsp3) is 0.526. The van der Waals surface area contributed by atoms with Crippen LogP contribution in [0.1, 0.15) is 49.1 Å². The van der Waals surface area contributed by atoms with E-state index in [0.29, 0.717) is 31.5 Å². The molecule has 142 valence electrons. The summed E-state index contributed by atoms with van der Waals surface area (Å²) < 4.78 is 5.95. The summed E-state index contributed by atoms with van der Waals surface area (Å²) in [6, 6.07) is 9.61. The number of urea groups is 1. The Labute approximate surface area is 157 Å². The Morgan fingerprint density at radius 1 is 1.22 bits per heavy atom. The summed E-state index contributed by atoms with van der Waals surface area (Å²) in [5.41, 5.74) is 6.76. The van der Waals surface area contributed by atoms with Crippen molar-refractivity contribution >= 4 is 6.03 Å². The van der Waals surface area contributed by atoms with Gasteiger partial charge in [-0.25, -0.2) is 4.79 Å². The lowest BCUT2D eigenvalue weighted by atomic mass is 10.0. The monoisotopic (exact) mass is 369 g/mol. The average Bonchev–Trinajstić information content (AvgIpc) is 3.29. The van der Waals surface area contributed by atoms with Crippen molar-refractivity contribution in [3.8, 4) is 0 Å². The third kappa shape index (κ3) is 2.80. The Balaban J connectivity index is 1.29. The minimum absolute atomic E-state index is 0.0682. The van der Waals surface area contributed by atoms with Crippen LogP contribution in [-0.4, -0.2) is 45.3 Å². The topological polar surface area (TPSA) is 97.7 Å². The smallest absolute Gasteiger partial charge is 0.345 e. The van der Waals surface area contributed by atoms with Crippen LogP contribution in [0.5, 0.6) is 0 Å². The first-order chi connectivity index (χ1) is 13.2. The molecule has 27 heavy (non-hydrogen) atoms. The number of piperidine rings is 1. The third-order valence-electron chi connectivity index (χ3n) is 5.96. The standard InChI is InChI=1S/C19H23N5O3/c20-12-19(8-9-19)17-22-21-16(27-17)15-7-6-14-10-23(15)18(25)24(14)26-11-13-4-2-1-3-5-13/h1-5,14-15H,6-12,20H2/t14-,15?/m1/s1. The molecule has 5 rings (SSSR count). The Hall–Kier alpha value is -2.45. The van der Waals surface area contributed by atoms with Gasteiger partial charge in [-0.05, 0) is 31.2 Å². The molecule has 8 nitrogen and oxygen atoms in total. The lowest BCUT2D eigenvalue weighted by molar-refractivity contribution is -0.140. The van der Waals surface area contributed by atoms with Crippen LogP contribution >= 0.6 is 0 Å². The van der Waals surface area contributed by atoms with Crippen molar-refractivity contribution in [2.24, 2.45) is 5.73 Å². The molecule has 2 bridgehead atoms. The highest BCUT2D eigenvalue weighted by Gasteiger charge is 2.50. The van der Waals surface area contributed by atoms with Crippen LogP contribution in [0, 0.1) is 0 Å². The summed E-state index contributed by atoms with van der Waals surface area (Å²) in [4.78, 5) is 20.5. The van der Waals surface area contributed by atoms with Gasteiger partial charge >= 0.3 is 6.03 Å². The van der Waals surface area contributed by atoms with E-state index in [0.717, 1.165) is 31.2 Å².